The highest BCUT2D eigenvalue weighted by molar-refractivity contribution is 7.16. The molecule has 7 heteroatoms. The van der Waals surface area contributed by atoms with Crippen LogP contribution in [-0.2, 0) is 28.9 Å². The third kappa shape index (κ3) is 5.07. The van der Waals surface area contributed by atoms with Crippen LogP contribution in [0.4, 0.5) is 5.00 Å². The smallest absolute Gasteiger partial charge is 0.239 e. The van der Waals surface area contributed by atoms with Crippen molar-refractivity contribution >= 4 is 33.6 Å². The van der Waals surface area contributed by atoms with Gasteiger partial charge in [0.1, 0.15) is 11.1 Å². The van der Waals surface area contributed by atoms with E-state index in [2.05, 4.69) is 34.7 Å². The zero-order valence-corrected chi connectivity index (χ0v) is 18.4. The number of rotatable bonds is 7. The van der Waals surface area contributed by atoms with Crippen molar-refractivity contribution in [3.8, 4) is 6.07 Å². The van der Waals surface area contributed by atoms with E-state index in [9.17, 15) is 10.1 Å². The van der Waals surface area contributed by atoms with E-state index in [1.54, 1.807) is 22.7 Å². The van der Waals surface area contributed by atoms with Crippen LogP contribution in [0.25, 0.3) is 0 Å². The molecule has 0 radical (unpaired) electrons. The third-order valence-electron chi connectivity index (χ3n) is 5.69. The lowest BCUT2D eigenvalue weighted by Crippen LogP contribution is -2.37. The molecule has 1 aliphatic heterocycles. The molecule has 3 heterocycles. The normalized spacial score (nSPS) is 21.1. The third-order valence-corrected chi connectivity index (χ3v) is 7.72. The van der Waals surface area contributed by atoms with Crippen molar-refractivity contribution in [1.82, 2.24) is 4.90 Å². The van der Waals surface area contributed by atoms with Gasteiger partial charge in [0.2, 0.25) is 5.91 Å². The molecule has 1 aliphatic carbocycles. The Labute approximate surface area is 180 Å². The Bertz CT molecular complexity index is 879. The fourth-order valence-corrected chi connectivity index (χ4v) is 6.33. The van der Waals surface area contributed by atoms with Gasteiger partial charge in [-0.3, -0.25) is 9.69 Å². The number of hydrogen-bond acceptors (Lipinski definition) is 6. The Balaban J connectivity index is 1.44. The minimum absolute atomic E-state index is 0.0531. The molecule has 154 valence electrons. The zero-order chi connectivity index (χ0) is 20.2. The highest BCUT2D eigenvalue weighted by atomic mass is 32.1. The Morgan fingerprint density at radius 3 is 3.07 bits per heavy atom. The summed E-state index contributed by atoms with van der Waals surface area (Å²) in [5, 5.41) is 15.5. The monoisotopic (exact) mass is 429 g/mol. The van der Waals surface area contributed by atoms with E-state index in [1.807, 2.05) is 6.07 Å². The number of nitrogens with zero attached hydrogens (tertiary/aromatic N) is 2. The largest absolute Gasteiger partial charge is 0.377 e. The van der Waals surface area contributed by atoms with Crippen LogP contribution in [0.3, 0.4) is 0 Å². The summed E-state index contributed by atoms with van der Waals surface area (Å²) in [5.41, 5.74) is 1.83. The summed E-state index contributed by atoms with van der Waals surface area (Å²) in [6.45, 7) is 4.87. The quantitative estimate of drug-likeness (QED) is 0.707. The predicted molar refractivity (Wildman–Crippen MR) is 117 cm³/mol. The number of anilines is 1. The Kier molecular flexibility index (Phi) is 6.66. The molecule has 1 fully saturated rings. The first-order valence-electron chi connectivity index (χ1n) is 10.3. The predicted octanol–water partition coefficient (Wildman–Crippen LogP) is 4.43. The number of carbonyl (C=O) groups excluding carboxylic acids is 1. The van der Waals surface area contributed by atoms with Crippen LogP contribution >= 0.6 is 22.7 Å². The molecule has 2 aliphatic rings. The number of hydrogen-bond donors (Lipinski definition) is 1. The van der Waals surface area contributed by atoms with Crippen LogP contribution in [0.1, 0.15) is 47.1 Å². The molecule has 1 saturated heterocycles. The molecule has 29 heavy (non-hydrogen) atoms. The molecule has 1 amide bonds. The molecule has 2 aromatic rings. The van der Waals surface area contributed by atoms with Crippen molar-refractivity contribution in [3.63, 3.8) is 0 Å². The van der Waals surface area contributed by atoms with Gasteiger partial charge >= 0.3 is 0 Å². The van der Waals surface area contributed by atoms with Gasteiger partial charge < -0.3 is 10.1 Å². The average molecular weight is 430 g/mol. The lowest BCUT2D eigenvalue weighted by molar-refractivity contribution is -0.117. The molecule has 2 aromatic heterocycles. The van der Waals surface area contributed by atoms with Gasteiger partial charge in [0.25, 0.3) is 0 Å². The first-order chi connectivity index (χ1) is 14.1. The molecule has 0 spiro atoms. The molecule has 0 saturated carbocycles. The second-order valence-electron chi connectivity index (χ2n) is 8.10. The second-order valence-corrected chi connectivity index (χ2v) is 10.2. The number of nitrogens with one attached hydrogen (secondary N) is 1. The molecule has 1 N–H and O–H groups in total. The van der Waals surface area contributed by atoms with Gasteiger partial charge in [-0.2, -0.15) is 5.26 Å². The van der Waals surface area contributed by atoms with E-state index >= 15 is 0 Å². The van der Waals surface area contributed by atoms with Crippen molar-refractivity contribution in [2.45, 2.75) is 51.7 Å². The lowest BCUT2D eigenvalue weighted by Gasteiger charge is -2.24. The Morgan fingerprint density at radius 2 is 2.34 bits per heavy atom. The Hall–Kier alpha value is -1.72. The first kappa shape index (κ1) is 20.5. The molecule has 2 atom stereocenters. The highest BCUT2D eigenvalue weighted by Crippen LogP contribution is 2.39. The van der Waals surface area contributed by atoms with Crippen LogP contribution < -0.4 is 5.32 Å². The molecule has 5 nitrogen and oxygen atoms in total. The number of fused-ring (bicyclic) bond motifs is 1. The number of amides is 1. The maximum Gasteiger partial charge on any atom is 0.239 e. The number of nitriles is 1. The van der Waals surface area contributed by atoms with Gasteiger partial charge in [0.15, 0.2) is 0 Å². The standard InChI is InChI=1S/C22H27N3O2S2/c1-15-6-7-18-19(11-23)22(29-20(18)10-15)24-21(26)14-25(12-16-4-2-8-27-16)13-17-5-3-9-28-17/h3,5,9,15-16H,2,4,6-8,10,12-14H2,1H3,(H,24,26). The van der Waals surface area contributed by atoms with Crippen molar-refractivity contribution in [3.05, 3.63) is 38.4 Å². The highest BCUT2D eigenvalue weighted by Gasteiger charge is 2.26. The molecule has 0 aromatic carbocycles. The maximum atomic E-state index is 12.9. The van der Waals surface area contributed by atoms with Crippen LogP contribution in [0.2, 0.25) is 0 Å². The van der Waals surface area contributed by atoms with E-state index in [0.717, 1.165) is 62.4 Å². The molecule has 4 rings (SSSR count). The number of thiophene rings is 2. The first-order valence-corrected chi connectivity index (χ1v) is 12.0. The lowest BCUT2D eigenvalue weighted by atomic mass is 9.89. The fraction of sp³-hybridized carbons (Fsp3) is 0.545. The topological polar surface area (TPSA) is 65.4 Å². The molecule has 2 unspecified atom stereocenters. The number of ether oxygens (including phenoxy) is 1. The maximum absolute atomic E-state index is 12.9. The van der Waals surface area contributed by atoms with Crippen molar-refractivity contribution in [2.75, 3.05) is 25.0 Å². The van der Waals surface area contributed by atoms with Gasteiger partial charge in [-0.1, -0.05) is 13.0 Å². The van der Waals surface area contributed by atoms with E-state index in [1.165, 1.54) is 9.75 Å². The van der Waals surface area contributed by atoms with Crippen molar-refractivity contribution in [2.24, 2.45) is 5.92 Å². The van der Waals surface area contributed by atoms with Gasteiger partial charge in [-0.05, 0) is 55.0 Å². The SMILES string of the molecule is CC1CCc2c(sc(NC(=O)CN(Cc3cccs3)CC3CCCO3)c2C#N)C1. The van der Waals surface area contributed by atoms with E-state index in [0.29, 0.717) is 18.0 Å². The van der Waals surface area contributed by atoms with Crippen LogP contribution in [-0.4, -0.2) is 36.6 Å². The fourth-order valence-electron chi connectivity index (χ4n) is 4.21. The number of carbonyl (C=O) groups is 1. The summed E-state index contributed by atoms with van der Waals surface area (Å²) in [6.07, 6.45) is 5.41. The van der Waals surface area contributed by atoms with Gasteiger partial charge in [0, 0.05) is 29.5 Å². The van der Waals surface area contributed by atoms with Crippen molar-refractivity contribution < 1.29 is 9.53 Å². The van der Waals surface area contributed by atoms with Gasteiger partial charge in [-0.25, -0.2) is 0 Å². The van der Waals surface area contributed by atoms with Gasteiger partial charge in [0.05, 0.1) is 18.2 Å². The van der Waals surface area contributed by atoms with E-state index in [-0.39, 0.29) is 12.0 Å². The summed E-state index contributed by atoms with van der Waals surface area (Å²) in [5.74, 6) is 0.589. The minimum Gasteiger partial charge on any atom is -0.377 e. The summed E-state index contributed by atoms with van der Waals surface area (Å²) in [7, 11) is 0. The van der Waals surface area contributed by atoms with Crippen LogP contribution in [0.5, 0.6) is 0 Å². The summed E-state index contributed by atoms with van der Waals surface area (Å²) >= 11 is 3.30. The second kappa shape index (κ2) is 9.40. The van der Waals surface area contributed by atoms with Crippen LogP contribution in [0, 0.1) is 17.2 Å². The Morgan fingerprint density at radius 1 is 1.45 bits per heavy atom. The van der Waals surface area contributed by atoms with Gasteiger partial charge in [-0.15, -0.1) is 22.7 Å². The molecular weight excluding hydrogens is 402 g/mol. The summed E-state index contributed by atoms with van der Waals surface area (Å²) in [6, 6.07) is 6.48. The summed E-state index contributed by atoms with van der Waals surface area (Å²) in [4.78, 5) is 17.6. The molecular formula is C22H27N3O2S2. The van der Waals surface area contributed by atoms with E-state index < -0.39 is 0 Å². The summed E-state index contributed by atoms with van der Waals surface area (Å²) < 4.78 is 5.79. The van der Waals surface area contributed by atoms with Crippen molar-refractivity contribution in [1.29, 1.82) is 5.26 Å². The van der Waals surface area contributed by atoms with E-state index in [4.69, 9.17) is 4.74 Å². The van der Waals surface area contributed by atoms with Crippen LogP contribution in [0.15, 0.2) is 17.5 Å². The minimum atomic E-state index is -0.0531. The zero-order valence-electron chi connectivity index (χ0n) is 16.8. The molecule has 0 bridgehead atoms. The average Bonchev–Trinajstić information content (AvgIpc) is 3.42.